The van der Waals surface area contributed by atoms with Gasteiger partial charge >= 0.3 is 13.8 Å². The van der Waals surface area contributed by atoms with Crippen molar-refractivity contribution in [3.8, 4) is 0 Å². The number of benzene rings is 2. The Kier molecular flexibility index (Phi) is 6.36. The van der Waals surface area contributed by atoms with E-state index in [4.69, 9.17) is 10.8 Å². The molecule has 1 amide bonds. The van der Waals surface area contributed by atoms with Crippen LogP contribution in [-0.2, 0) is 9.36 Å². The number of carboxylic acid groups (broad SMARTS) is 1. The van der Waals surface area contributed by atoms with Crippen LogP contribution in [0.15, 0.2) is 54.6 Å². The highest BCUT2D eigenvalue weighted by atomic mass is 31.1. The van der Waals surface area contributed by atoms with E-state index in [1.807, 2.05) is 0 Å². The first-order valence-corrected chi connectivity index (χ1v) is 8.95. The monoisotopic (exact) mass is 361 g/mol. The molecule has 0 radical (unpaired) electrons. The highest BCUT2D eigenvalue weighted by Gasteiger charge is 2.42. The maximum atomic E-state index is 12.6. The predicted molar refractivity (Wildman–Crippen MR) is 93.9 cm³/mol. The SMILES string of the molecule is NC(c1ccccc1)C(C(=O)Nc1cccc(C(=O)O)c1)[P+](=O)CO. The molecule has 0 aliphatic carbocycles. The minimum Gasteiger partial charge on any atom is -0.478 e. The molecule has 2 rings (SSSR count). The van der Waals surface area contributed by atoms with E-state index in [9.17, 15) is 19.3 Å². The molecule has 0 aliphatic rings. The molecule has 7 nitrogen and oxygen atoms in total. The Hall–Kier alpha value is -2.60. The van der Waals surface area contributed by atoms with Crippen molar-refractivity contribution in [2.45, 2.75) is 11.7 Å². The average Bonchev–Trinajstić information content (AvgIpc) is 2.62. The third-order valence-corrected chi connectivity index (χ3v) is 5.07. The molecule has 2 aromatic rings. The number of aromatic carboxylic acids is 1. The van der Waals surface area contributed by atoms with Crippen LogP contribution in [0.25, 0.3) is 0 Å². The van der Waals surface area contributed by atoms with Gasteiger partial charge in [0.05, 0.1) is 11.6 Å². The van der Waals surface area contributed by atoms with Gasteiger partial charge in [0.1, 0.15) is 0 Å². The maximum Gasteiger partial charge on any atom is 0.381 e. The second-order valence-corrected chi connectivity index (χ2v) is 6.99. The molecule has 0 saturated carbocycles. The summed E-state index contributed by atoms with van der Waals surface area (Å²) in [4.78, 5) is 23.6. The van der Waals surface area contributed by atoms with Crippen molar-refractivity contribution in [1.82, 2.24) is 0 Å². The quantitative estimate of drug-likeness (QED) is 0.559. The largest absolute Gasteiger partial charge is 0.478 e. The molecular weight excluding hydrogens is 343 g/mol. The fourth-order valence-electron chi connectivity index (χ4n) is 2.36. The number of carbonyl (C=O) groups excluding carboxylic acids is 1. The van der Waals surface area contributed by atoms with E-state index in [-0.39, 0.29) is 11.3 Å². The molecule has 0 saturated heterocycles. The molecule has 0 fully saturated rings. The van der Waals surface area contributed by atoms with Gasteiger partial charge in [-0.3, -0.25) is 4.79 Å². The molecule has 130 valence electrons. The maximum absolute atomic E-state index is 12.6. The van der Waals surface area contributed by atoms with E-state index in [1.165, 1.54) is 24.3 Å². The van der Waals surface area contributed by atoms with Crippen LogP contribution in [0, 0.1) is 0 Å². The first kappa shape index (κ1) is 18.7. The van der Waals surface area contributed by atoms with E-state index in [1.54, 1.807) is 30.3 Å². The van der Waals surface area contributed by atoms with E-state index < -0.39 is 37.7 Å². The number of amides is 1. The lowest BCUT2D eigenvalue weighted by Gasteiger charge is -2.16. The topological polar surface area (TPSA) is 130 Å². The number of rotatable bonds is 7. The molecule has 0 bridgehead atoms. The van der Waals surface area contributed by atoms with Crippen molar-refractivity contribution in [1.29, 1.82) is 0 Å². The lowest BCUT2D eigenvalue weighted by molar-refractivity contribution is -0.116. The Bertz CT molecular complexity index is 782. The average molecular weight is 361 g/mol. The molecule has 8 heteroatoms. The van der Waals surface area contributed by atoms with E-state index in [0.29, 0.717) is 5.56 Å². The molecule has 0 aromatic heterocycles. The fourth-order valence-corrected chi connectivity index (χ4v) is 3.40. The van der Waals surface area contributed by atoms with Gasteiger partial charge in [0, 0.05) is 5.69 Å². The Balaban J connectivity index is 2.26. The molecule has 2 aromatic carbocycles. The number of hydrogen-bond donors (Lipinski definition) is 4. The second-order valence-electron chi connectivity index (χ2n) is 5.32. The number of anilines is 1. The van der Waals surface area contributed by atoms with Gasteiger partial charge in [0.25, 0.3) is 11.6 Å². The standard InChI is InChI=1S/C17H17N2O5P/c18-14(11-5-2-1-3-6-11)15(25(24)10-20)16(21)19-13-8-4-7-12(9-13)17(22)23/h1-9,14-15,20H,10,18H2,(H-,19,21,22,23)/p+1. The minimum absolute atomic E-state index is 0.00764. The first-order valence-electron chi connectivity index (χ1n) is 7.43. The van der Waals surface area contributed by atoms with Crippen molar-refractivity contribution < 1.29 is 24.4 Å². The third kappa shape index (κ3) is 4.70. The summed E-state index contributed by atoms with van der Waals surface area (Å²) in [5, 5.41) is 20.8. The number of aliphatic hydroxyl groups excluding tert-OH is 1. The lowest BCUT2D eigenvalue weighted by Crippen LogP contribution is -2.35. The Morgan fingerprint density at radius 1 is 1.12 bits per heavy atom. The van der Waals surface area contributed by atoms with Gasteiger partial charge in [-0.25, -0.2) is 4.79 Å². The third-order valence-electron chi connectivity index (χ3n) is 3.62. The van der Waals surface area contributed by atoms with E-state index in [0.717, 1.165) is 0 Å². The van der Waals surface area contributed by atoms with E-state index in [2.05, 4.69) is 5.32 Å². The lowest BCUT2D eigenvalue weighted by atomic mass is 10.0. The van der Waals surface area contributed by atoms with Gasteiger partial charge in [-0.2, -0.15) is 0 Å². The summed E-state index contributed by atoms with van der Waals surface area (Å²) in [5.41, 5.74) is 5.81. The summed E-state index contributed by atoms with van der Waals surface area (Å²) in [6.45, 7) is 0. The van der Waals surface area contributed by atoms with Crippen molar-refractivity contribution in [3.05, 3.63) is 65.7 Å². The molecule has 0 heterocycles. The van der Waals surface area contributed by atoms with Crippen LogP contribution >= 0.6 is 7.80 Å². The Morgan fingerprint density at radius 2 is 1.80 bits per heavy atom. The van der Waals surface area contributed by atoms with Crippen LogP contribution in [-0.4, -0.2) is 34.1 Å². The molecular formula is C17H18N2O5P+. The minimum atomic E-state index is -2.31. The normalized spacial score (nSPS) is 13.6. The van der Waals surface area contributed by atoms with Crippen LogP contribution in [0.2, 0.25) is 0 Å². The second kappa shape index (κ2) is 8.48. The van der Waals surface area contributed by atoms with Crippen molar-refractivity contribution in [2.75, 3.05) is 11.7 Å². The Morgan fingerprint density at radius 3 is 2.40 bits per heavy atom. The number of carboxylic acids is 1. The summed E-state index contributed by atoms with van der Waals surface area (Å²) >= 11 is 0. The highest BCUT2D eigenvalue weighted by Crippen LogP contribution is 2.35. The van der Waals surface area contributed by atoms with Crippen molar-refractivity contribution >= 4 is 25.4 Å². The zero-order valence-electron chi connectivity index (χ0n) is 13.2. The van der Waals surface area contributed by atoms with Crippen LogP contribution in [0.3, 0.4) is 0 Å². The van der Waals surface area contributed by atoms with Gasteiger partial charge < -0.3 is 21.3 Å². The number of nitrogens with two attached hydrogens (primary N) is 1. The first-order chi connectivity index (χ1) is 11.9. The van der Waals surface area contributed by atoms with Crippen LogP contribution < -0.4 is 11.1 Å². The molecule has 25 heavy (non-hydrogen) atoms. The summed E-state index contributed by atoms with van der Waals surface area (Å²) in [6, 6.07) is 13.5. The van der Waals surface area contributed by atoms with Crippen molar-refractivity contribution in [2.24, 2.45) is 5.73 Å². The molecule has 0 spiro atoms. The van der Waals surface area contributed by atoms with Crippen LogP contribution in [0.4, 0.5) is 5.69 Å². The van der Waals surface area contributed by atoms with Crippen LogP contribution in [0.5, 0.6) is 0 Å². The van der Waals surface area contributed by atoms with Crippen molar-refractivity contribution in [3.63, 3.8) is 0 Å². The van der Waals surface area contributed by atoms with Gasteiger partial charge in [-0.15, -0.1) is 0 Å². The van der Waals surface area contributed by atoms with Crippen LogP contribution in [0.1, 0.15) is 22.0 Å². The number of hydrogen-bond acceptors (Lipinski definition) is 5. The molecule has 5 N–H and O–H groups in total. The predicted octanol–water partition coefficient (Wildman–Crippen LogP) is 2.17. The summed E-state index contributed by atoms with van der Waals surface area (Å²) < 4.78 is 12.2. The number of carbonyl (C=O) groups is 2. The smallest absolute Gasteiger partial charge is 0.381 e. The van der Waals surface area contributed by atoms with Gasteiger partial charge in [-0.05, 0) is 23.8 Å². The summed E-state index contributed by atoms with van der Waals surface area (Å²) in [5.74, 6) is -1.77. The van der Waals surface area contributed by atoms with Gasteiger partial charge in [0.15, 0.2) is 0 Å². The Labute approximate surface area is 145 Å². The number of nitrogens with one attached hydrogen (secondary N) is 1. The molecule has 0 aliphatic heterocycles. The molecule has 3 atom stereocenters. The molecule has 3 unspecified atom stereocenters. The van der Waals surface area contributed by atoms with Gasteiger partial charge in [-0.1, -0.05) is 41.0 Å². The summed E-state index contributed by atoms with van der Waals surface area (Å²) in [6.07, 6.45) is -0.677. The zero-order chi connectivity index (χ0) is 18.4. The number of aliphatic hydroxyl groups is 1. The van der Waals surface area contributed by atoms with Gasteiger partial charge in [0.2, 0.25) is 6.35 Å². The van der Waals surface area contributed by atoms with E-state index >= 15 is 0 Å². The zero-order valence-corrected chi connectivity index (χ0v) is 14.1. The fraction of sp³-hybridized carbons (Fsp3) is 0.176. The highest BCUT2D eigenvalue weighted by molar-refractivity contribution is 7.46. The summed E-state index contributed by atoms with van der Waals surface area (Å²) in [7, 11) is -2.31.